The molecule has 16 heavy (non-hydrogen) atoms. The normalized spacial score (nSPS) is 9.19. The van der Waals surface area contributed by atoms with Gasteiger partial charge in [0, 0.05) is 31.6 Å². The van der Waals surface area contributed by atoms with Crippen LogP contribution < -0.4 is 0 Å². The van der Waals surface area contributed by atoms with Crippen molar-refractivity contribution in [3.8, 4) is 11.8 Å². The first-order valence-electron chi connectivity index (χ1n) is 5.06. The van der Waals surface area contributed by atoms with Gasteiger partial charge < -0.3 is 10.0 Å². The molecule has 0 aliphatic carbocycles. The predicted octanol–water partition coefficient (Wildman–Crippen LogP) is 1.12. The quantitative estimate of drug-likeness (QED) is 0.754. The summed E-state index contributed by atoms with van der Waals surface area (Å²) in [4.78, 5) is 13.2. The maximum absolute atomic E-state index is 11.7. The molecular weight excluding hydrogens is 202 g/mol. The van der Waals surface area contributed by atoms with E-state index in [0.717, 1.165) is 5.56 Å². The van der Waals surface area contributed by atoms with E-state index >= 15 is 0 Å². The molecule has 1 rings (SSSR count). The summed E-state index contributed by atoms with van der Waals surface area (Å²) in [5, 5.41) is 8.60. The Hall–Kier alpha value is -1.79. The topological polar surface area (TPSA) is 40.5 Å². The van der Waals surface area contributed by atoms with Crippen LogP contribution in [0.2, 0.25) is 0 Å². The Kier molecular flexibility index (Phi) is 4.56. The highest BCUT2D eigenvalue weighted by molar-refractivity contribution is 5.94. The molecule has 0 aliphatic heterocycles. The molecule has 3 heteroatoms. The van der Waals surface area contributed by atoms with Crippen LogP contribution in [-0.4, -0.2) is 36.6 Å². The van der Waals surface area contributed by atoms with Crippen LogP contribution in [0.25, 0.3) is 0 Å². The predicted molar refractivity (Wildman–Crippen MR) is 63.0 cm³/mol. The third-order valence-corrected chi connectivity index (χ3v) is 1.99. The fourth-order valence-corrected chi connectivity index (χ4v) is 1.21. The van der Waals surface area contributed by atoms with Crippen molar-refractivity contribution >= 4 is 5.91 Å². The van der Waals surface area contributed by atoms with Crippen LogP contribution in [0.5, 0.6) is 0 Å². The second-order valence-corrected chi connectivity index (χ2v) is 3.56. The molecule has 0 saturated carbocycles. The molecule has 1 N–H and O–H groups in total. The molecule has 1 amide bonds. The van der Waals surface area contributed by atoms with Crippen molar-refractivity contribution in [2.45, 2.75) is 6.42 Å². The monoisotopic (exact) mass is 217 g/mol. The molecule has 1 aromatic carbocycles. The third-order valence-electron chi connectivity index (χ3n) is 1.99. The third kappa shape index (κ3) is 3.41. The van der Waals surface area contributed by atoms with E-state index < -0.39 is 0 Å². The summed E-state index contributed by atoms with van der Waals surface area (Å²) < 4.78 is 0. The second kappa shape index (κ2) is 5.94. The highest BCUT2D eigenvalue weighted by Crippen LogP contribution is 2.06. The van der Waals surface area contributed by atoms with Gasteiger partial charge in [0.25, 0.3) is 5.91 Å². The standard InChI is InChI=1S/C13H15NO2/c1-14(2)13(16)12-8-5-7-11(10-12)6-3-4-9-15/h5,7-8,10,15H,4,9H2,1-2H3. The van der Waals surface area contributed by atoms with Gasteiger partial charge in [0.1, 0.15) is 0 Å². The first kappa shape index (κ1) is 12.3. The molecule has 0 fully saturated rings. The fourth-order valence-electron chi connectivity index (χ4n) is 1.21. The Morgan fingerprint density at radius 2 is 2.19 bits per heavy atom. The number of hydrogen-bond acceptors (Lipinski definition) is 2. The van der Waals surface area contributed by atoms with Gasteiger partial charge in [0.15, 0.2) is 0 Å². The molecule has 0 aliphatic rings. The molecule has 0 bridgehead atoms. The van der Waals surface area contributed by atoms with Gasteiger partial charge in [-0.1, -0.05) is 17.9 Å². The fraction of sp³-hybridized carbons (Fsp3) is 0.308. The van der Waals surface area contributed by atoms with E-state index in [1.807, 2.05) is 6.07 Å². The van der Waals surface area contributed by atoms with Crippen LogP contribution in [0.15, 0.2) is 24.3 Å². The summed E-state index contributed by atoms with van der Waals surface area (Å²) in [6.45, 7) is 0.0588. The average Bonchev–Trinajstić information content (AvgIpc) is 2.29. The summed E-state index contributed by atoms with van der Waals surface area (Å²) in [7, 11) is 3.43. The van der Waals surface area contributed by atoms with Gasteiger partial charge in [-0.05, 0) is 18.2 Å². The smallest absolute Gasteiger partial charge is 0.253 e. The van der Waals surface area contributed by atoms with Crippen molar-refractivity contribution in [1.82, 2.24) is 4.90 Å². The van der Waals surface area contributed by atoms with Gasteiger partial charge in [0.2, 0.25) is 0 Å². The molecule has 0 atom stereocenters. The number of amides is 1. The van der Waals surface area contributed by atoms with Crippen molar-refractivity contribution in [2.24, 2.45) is 0 Å². The van der Waals surface area contributed by atoms with Gasteiger partial charge in [-0.25, -0.2) is 0 Å². The van der Waals surface area contributed by atoms with Gasteiger partial charge in [-0.3, -0.25) is 4.79 Å². The molecule has 84 valence electrons. The molecule has 0 heterocycles. The van der Waals surface area contributed by atoms with E-state index in [1.54, 1.807) is 32.3 Å². The minimum absolute atomic E-state index is 0.0363. The first-order valence-corrected chi connectivity index (χ1v) is 5.06. The number of benzene rings is 1. The van der Waals surface area contributed by atoms with Crippen molar-refractivity contribution in [2.75, 3.05) is 20.7 Å². The van der Waals surface area contributed by atoms with Crippen molar-refractivity contribution in [3.05, 3.63) is 35.4 Å². The number of nitrogens with zero attached hydrogens (tertiary/aromatic N) is 1. The van der Waals surface area contributed by atoms with E-state index in [2.05, 4.69) is 11.8 Å². The zero-order chi connectivity index (χ0) is 12.0. The maximum Gasteiger partial charge on any atom is 0.253 e. The minimum Gasteiger partial charge on any atom is -0.395 e. The molecular formula is C13H15NO2. The average molecular weight is 217 g/mol. The van der Waals surface area contributed by atoms with Gasteiger partial charge in [-0.2, -0.15) is 0 Å². The lowest BCUT2D eigenvalue weighted by Gasteiger charge is -2.09. The molecule has 0 radical (unpaired) electrons. The van der Waals surface area contributed by atoms with E-state index in [4.69, 9.17) is 5.11 Å². The summed E-state index contributed by atoms with van der Waals surface area (Å²) in [6.07, 6.45) is 0.450. The Labute approximate surface area is 95.7 Å². The molecule has 0 spiro atoms. The Balaban J connectivity index is 2.88. The van der Waals surface area contributed by atoms with Crippen molar-refractivity contribution in [1.29, 1.82) is 0 Å². The van der Waals surface area contributed by atoms with Crippen LogP contribution in [0, 0.1) is 11.8 Å². The number of hydrogen-bond donors (Lipinski definition) is 1. The Morgan fingerprint density at radius 1 is 1.44 bits per heavy atom. The molecule has 3 nitrogen and oxygen atoms in total. The Morgan fingerprint density at radius 3 is 2.81 bits per heavy atom. The van der Waals surface area contributed by atoms with Crippen LogP contribution >= 0.6 is 0 Å². The van der Waals surface area contributed by atoms with Gasteiger partial charge in [0.05, 0.1) is 6.61 Å². The summed E-state index contributed by atoms with van der Waals surface area (Å²) in [5.41, 5.74) is 1.42. The number of aliphatic hydroxyl groups is 1. The summed E-state index contributed by atoms with van der Waals surface area (Å²) in [6, 6.07) is 7.17. The second-order valence-electron chi connectivity index (χ2n) is 3.56. The lowest BCUT2D eigenvalue weighted by molar-refractivity contribution is 0.0827. The summed E-state index contributed by atoms with van der Waals surface area (Å²) in [5.74, 6) is 5.68. The number of carbonyl (C=O) groups excluding carboxylic acids is 1. The van der Waals surface area contributed by atoms with Crippen molar-refractivity contribution in [3.63, 3.8) is 0 Å². The van der Waals surface area contributed by atoms with Gasteiger partial charge >= 0.3 is 0 Å². The molecule has 0 saturated heterocycles. The largest absolute Gasteiger partial charge is 0.395 e. The van der Waals surface area contributed by atoms with Crippen LogP contribution in [-0.2, 0) is 0 Å². The van der Waals surface area contributed by atoms with E-state index in [1.165, 1.54) is 4.90 Å². The molecule has 1 aromatic rings. The SMILES string of the molecule is CN(C)C(=O)c1cccc(C#CCCO)c1. The van der Waals surface area contributed by atoms with E-state index in [0.29, 0.717) is 12.0 Å². The minimum atomic E-state index is -0.0363. The Bertz CT molecular complexity index is 427. The van der Waals surface area contributed by atoms with E-state index in [9.17, 15) is 4.79 Å². The van der Waals surface area contributed by atoms with Crippen molar-refractivity contribution < 1.29 is 9.90 Å². The van der Waals surface area contributed by atoms with Gasteiger partial charge in [-0.15, -0.1) is 0 Å². The zero-order valence-electron chi connectivity index (χ0n) is 9.53. The lowest BCUT2D eigenvalue weighted by atomic mass is 10.1. The number of rotatable bonds is 2. The van der Waals surface area contributed by atoms with Crippen LogP contribution in [0.3, 0.4) is 0 Å². The van der Waals surface area contributed by atoms with E-state index in [-0.39, 0.29) is 12.5 Å². The molecule has 0 unspecified atom stereocenters. The lowest BCUT2D eigenvalue weighted by Crippen LogP contribution is -2.21. The summed E-state index contributed by atoms with van der Waals surface area (Å²) >= 11 is 0. The number of aliphatic hydroxyl groups excluding tert-OH is 1. The maximum atomic E-state index is 11.7. The zero-order valence-corrected chi connectivity index (χ0v) is 9.53. The van der Waals surface area contributed by atoms with Crippen LogP contribution in [0.4, 0.5) is 0 Å². The highest BCUT2D eigenvalue weighted by atomic mass is 16.2. The molecule has 0 aromatic heterocycles. The first-order chi connectivity index (χ1) is 7.65. The van der Waals surface area contributed by atoms with Crippen LogP contribution in [0.1, 0.15) is 22.3 Å². The number of carbonyl (C=O) groups is 1. The highest BCUT2D eigenvalue weighted by Gasteiger charge is 2.06.